The fourth-order valence-electron chi connectivity index (χ4n) is 3.20. The van der Waals surface area contributed by atoms with Gasteiger partial charge >= 0.3 is 0 Å². The number of anilines is 1. The van der Waals surface area contributed by atoms with Gasteiger partial charge in [-0.15, -0.1) is 0 Å². The van der Waals surface area contributed by atoms with Gasteiger partial charge in [0.25, 0.3) is 11.8 Å². The van der Waals surface area contributed by atoms with Crippen molar-refractivity contribution < 1.29 is 19.0 Å². The van der Waals surface area contributed by atoms with E-state index in [2.05, 4.69) is 9.97 Å². The van der Waals surface area contributed by atoms with E-state index in [1.165, 1.54) is 0 Å². The van der Waals surface area contributed by atoms with Crippen LogP contribution in [0.2, 0.25) is 0 Å². The normalized spacial score (nSPS) is 16.4. The van der Waals surface area contributed by atoms with Crippen LogP contribution in [0.15, 0.2) is 30.6 Å². The van der Waals surface area contributed by atoms with Crippen LogP contribution in [0.3, 0.4) is 0 Å². The van der Waals surface area contributed by atoms with Crippen LogP contribution in [0.25, 0.3) is 0 Å². The second-order valence-electron chi connectivity index (χ2n) is 6.81. The Morgan fingerprint density at radius 1 is 1.11 bits per heavy atom. The number of ether oxygens (including phenoxy) is 3. The number of amides is 1. The largest absolute Gasteiger partial charge is 0.497 e. The molecule has 1 saturated heterocycles. The van der Waals surface area contributed by atoms with Crippen LogP contribution >= 0.6 is 0 Å². The number of methoxy groups -OCH3 is 2. The minimum Gasteiger partial charge on any atom is -0.497 e. The monoisotopic (exact) mass is 386 g/mol. The summed E-state index contributed by atoms with van der Waals surface area (Å²) in [7, 11) is 6.92. The molecule has 8 heteroatoms. The molecule has 28 heavy (non-hydrogen) atoms. The summed E-state index contributed by atoms with van der Waals surface area (Å²) in [4.78, 5) is 25.3. The SMILES string of the molecule is COc1cc(OC)cc(C(=O)N2CCCC(Oc3nccnc3N(C)C)C2)c1. The zero-order chi connectivity index (χ0) is 20.1. The molecule has 2 heterocycles. The molecule has 1 unspecified atom stereocenters. The van der Waals surface area contributed by atoms with E-state index in [-0.39, 0.29) is 12.0 Å². The van der Waals surface area contributed by atoms with Gasteiger partial charge in [-0.05, 0) is 25.0 Å². The summed E-state index contributed by atoms with van der Waals surface area (Å²) in [5, 5.41) is 0. The zero-order valence-electron chi connectivity index (χ0n) is 16.7. The molecule has 1 atom stereocenters. The Kier molecular flexibility index (Phi) is 6.18. The number of hydrogen-bond acceptors (Lipinski definition) is 7. The lowest BCUT2D eigenvalue weighted by molar-refractivity contribution is 0.0527. The van der Waals surface area contributed by atoms with Gasteiger partial charge in [0.05, 0.1) is 20.8 Å². The molecular weight excluding hydrogens is 360 g/mol. The molecule has 0 radical (unpaired) electrons. The predicted octanol–water partition coefficient (Wildman–Crippen LogP) is 2.24. The third kappa shape index (κ3) is 4.44. The van der Waals surface area contributed by atoms with Gasteiger partial charge in [0.1, 0.15) is 17.6 Å². The van der Waals surface area contributed by atoms with Crippen molar-refractivity contribution in [1.82, 2.24) is 14.9 Å². The van der Waals surface area contributed by atoms with E-state index in [0.717, 1.165) is 12.8 Å². The Hall–Kier alpha value is -3.03. The van der Waals surface area contributed by atoms with E-state index in [0.29, 0.717) is 41.8 Å². The number of nitrogens with zero attached hydrogens (tertiary/aromatic N) is 4. The first kappa shape index (κ1) is 19.7. The number of hydrogen-bond donors (Lipinski definition) is 0. The summed E-state index contributed by atoms with van der Waals surface area (Å²) in [5.74, 6) is 2.25. The number of aromatic nitrogens is 2. The quantitative estimate of drug-likeness (QED) is 0.753. The highest BCUT2D eigenvalue weighted by atomic mass is 16.5. The van der Waals surface area contributed by atoms with Crippen LogP contribution in [-0.2, 0) is 0 Å². The van der Waals surface area contributed by atoms with Crippen LogP contribution in [0.5, 0.6) is 17.4 Å². The molecule has 1 amide bonds. The van der Waals surface area contributed by atoms with Crippen LogP contribution in [0, 0.1) is 0 Å². The standard InChI is InChI=1S/C20H26N4O4/c1-23(2)18-19(22-8-7-21-18)28-15-6-5-9-24(13-15)20(25)14-10-16(26-3)12-17(11-14)27-4/h7-8,10-12,15H,5-6,9,13H2,1-4H3. The molecule has 0 spiro atoms. The number of carbonyl (C=O) groups excluding carboxylic acids is 1. The van der Waals surface area contributed by atoms with Crippen molar-refractivity contribution in [1.29, 1.82) is 0 Å². The Labute approximate surface area is 165 Å². The van der Waals surface area contributed by atoms with Crippen LogP contribution in [-0.4, -0.2) is 68.3 Å². The van der Waals surface area contributed by atoms with Gasteiger partial charge in [-0.3, -0.25) is 4.79 Å². The van der Waals surface area contributed by atoms with Crippen molar-refractivity contribution in [2.45, 2.75) is 18.9 Å². The maximum atomic E-state index is 13.0. The number of likely N-dealkylation sites (tertiary alicyclic amines) is 1. The van der Waals surface area contributed by atoms with Crippen LogP contribution in [0.4, 0.5) is 5.82 Å². The van der Waals surface area contributed by atoms with E-state index in [1.807, 2.05) is 19.0 Å². The molecule has 2 aromatic rings. The summed E-state index contributed by atoms with van der Waals surface area (Å²) < 4.78 is 16.6. The average Bonchev–Trinajstić information content (AvgIpc) is 2.73. The minimum atomic E-state index is -0.138. The zero-order valence-corrected chi connectivity index (χ0v) is 16.7. The minimum absolute atomic E-state index is 0.0718. The van der Waals surface area contributed by atoms with Gasteiger partial charge in [-0.1, -0.05) is 0 Å². The number of benzene rings is 1. The van der Waals surface area contributed by atoms with Crippen molar-refractivity contribution in [3.8, 4) is 17.4 Å². The lowest BCUT2D eigenvalue weighted by atomic mass is 10.1. The summed E-state index contributed by atoms with van der Waals surface area (Å²) in [6.07, 6.45) is 4.82. The van der Waals surface area contributed by atoms with Crippen molar-refractivity contribution in [2.75, 3.05) is 46.3 Å². The maximum absolute atomic E-state index is 13.0. The first-order chi connectivity index (χ1) is 13.5. The third-order valence-electron chi connectivity index (χ3n) is 4.61. The highest BCUT2D eigenvalue weighted by Crippen LogP contribution is 2.27. The molecule has 1 aliphatic heterocycles. The summed E-state index contributed by atoms with van der Waals surface area (Å²) in [6, 6.07) is 5.19. The number of rotatable bonds is 6. The van der Waals surface area contributed by atoms with E-state index in [9.17, 15) is 4.79 Å². The van der Waals surface area contributed by atoms with Gasteiger partial charge in [0.15, 0.2) is 5.82 Å². The van der Waals surface area contributed by atoms with Crippen LogP contribution in [0.1, 0.15) is 23.2 Å². The lowest BCUT2D eigenvalue weighted by Crippen LogP contribution is -2.44. The molecule has 1 aliphatic rings. The Bertz CT molecular complexity index is 805. The fourth-order valence-corrected chi connectivity index (χ4v) is 3.20. The molecule has 3 rings (SSSR count). The first-order valence-electron chi connectivity index (χ1n) is 9.19. The topological polar surface area (TPSA) is 77.0 Å². The molecule has 0 bridgehead atoms. The van der Waals surface area contributed by atoms with Gasteiger partial charge in [-0.2, -0.15) is 0 Å². The Balaban J connectivity index is 1.74. The highest BCUT2D eigenvalue weighted by molar-refractivity contribution is 5.95. The van der Waals surface area contributed by atoms with E-state index < -0.39 is 0 Å². The second-order valence-corrected chi connectivity index (χ2v) is 6.81. The molecule has 150 valence electrons. The predicted molar refractivity (Wildman–Crippen MR) is 105 cm³/mol. The third-order valence-corrected chi connectivity index (χ3v) is 4.61. The Morgan fingerprint density at radius 3 is 2.43 bits per heavy atom. The van der Waals surface area contributed by atoms with Crippen molar-refractivity contribution >= 4 is 11.7 Å². The highest BCUT2D eigenvalue weighted by Gasteiger charge is 2.27. The van der Waals surface area contributed by atoms with E-state index in [4.69, 9.17) is 14.2 Å². The Morgan fingerprint density at radius 2 is 1.79 bits per heavy atom. The van der Waals surface area contributed by atoms with Gasteiger partial charge in [-0.25, -0.2) is 9.97 Å². The molecule has 1 fully saturated rings. The van der Waals surface area contributed by atoms with Gasteiger partial charge in [0, 0.05) is 44.7 Å². The molecule has 1 aromatic heterocycles. The molecule has 0 aliphatic carbocycles. The maximum Gasteiger partial charge on any atom is 0.257 e. The lowest BCUT2D eigenvalue weighted by Gasteiger charge is -2.33. The van der Waals surface area contributed by atoms with E-state index >= 15 is 0 Å². The summed E-state index contributed by atoms with van der Waals surface area (Å²) in [5.41, 5.74) is 0.533. The average molecular weight is 386 g/mol. The molecule has 1 aromatic carbocycles. The summed E-state index contributed by atoms with van der Waals surface area (Å²) >= 11 is 0. The van der Waals surface area contributed by atoms with Gasteiger partial charge in [0.2, 0.25) is 0 Å². The molecular formula is C20H26N4O4. The first-order valence-corrected chi connectivity index (χ1v) is 9.19. The number of carbonyl (C=O) groups is 1. The summed E-state index contributed by atoms with van der Waals surface area (Å²) in [6.45, 7) is 1.17. The second kappa shape index (κ2) is 8.77. The van der Waals surface area contributed by atoms with E-state index in [1.54, 1.807) is 49.7 Å². The molecule has 0 saturated carbocycles. The molecule has 0 N–H and O–H groups in total. The van der Waals surface area contributed by atoms with Gasteiger partial charge < -0.3 is 24.0 Å². The van der Waals surface area contributed by atoms with Crippen molar-refractivity contribution in [3.63, 3.8) is 0 Å². The van der Waals surface area contributed by atoms with Crippen molar-refractivity contribution in [2.24, 2.45) is 0 Å². The smallest absolute Gasteiger partial charge is 0.257 e. The fraction of sp³-hybridized carbons (Fsp3) is 0.450. The molecule has 8 nitrogen and oxygen atoms in total. The van der Waals surface area contributed by atoms with Crippen LogP contribution < -0.4 is 19.1 Å². The van der Waals surface area contributed by atoms with Crippen molar-refractivity contribution in [3.05, 3.63) is 36.2 Å². The number of piperidine rings is 1.